The molecule has 6 rings (SSSR count). The van der Waals surface area contributed by atoms with E-state index in [9.17, 15) is 9.59 Å². The molecule has 1 fully saturated rings. The number of methoxy groups -OCH3 is 1. The van der Waals surface area contributed by atoms with Crippen molar-refractivity contribution in [1.82, 2.24) is 14.9 Å². The normalized spacial score (nSPS) is 12.6. The number of nitrogens with zero attached hydrogens (tertiary/aromatic N) is 3. The number of ether oxygens (including phenoxy) is 2. The van der Waals surface area contributed by atoms with E-state index in [4.69, 9.17) is 9.47 Å². The number of hydrogen-bond acceptors (Lipinski definition) is 8. The van der Waals surface area contributed by atoms with E-state index < -0.39 is 6.03 Å². The average Bonchev–Trinajstić information content (AvgIpc) is 3.72. The summed E-state index contributed by atoms with van der Waals surface area (Å²) in [6.07, 6.45) is 5.38. The molecule has 42 heavy (non-hydrogen) atoms. The van der Waals surface area contributed by atoms with Gasteiger partial charge in [0.25, 0.3) is 5.91 Å². The highest BCUT2D eigenvalue weighted by atomic mass is 32.1. The number of thiazole rings is 1. The van der Waals surface area contributed by atoms with Crippen molar-refractivity contribution in [3.63, 3.8) is 0 Å². The van der Waals surface area contributed by atoms with Gasteiger partial charge in [-0.15, -0.1) is 11.3 Å². The van der Waals surface area contributed by atoms with Gasteiger partial charge in [0.15, 0.2) is 10.9 Å². The number of rotatable bonds is 8. The number of likely N-dealkylation sites (tertiary alicyclic amines) is 1. The van der Waals surface area contributed by atoms with Crippen LogP contribution in [0.3, 0.4) is 0 Å². The number of hydrogen-bond donors (Lipinski definition) is 3. The molecule has 0 saturated carbocycles. The maximum absolute atomic E-state index is 13.2. The zero-order valence-electron chi connectivity index (χ0n) is 22.8. The van der Waals surface area contributed by atoms with E-state index in [-0.39, 0.29) is 5.91 Å². The number of urea groups is 1. The summed E-state index contributed by atoms with van der Waals surface area (Å²) in [7, 11) is 1.53. The number of pyridine rings is 1. The molecular weight excluding hydrogens is 552 g/mol. The van der Waals surface area contributed by atoms with Crippen LogP contribution in [0.25, 0.3) is 10.8 Å². The van der Waals surface area contributed by atoms with Gasteiger partial charge in [0.1, 0.15) is 17.2 Å². The molecule has 5 aromatic rings. The zero-order valence-corrected chi connectivity index (χ0v) is 23.6. The molecule has 1 aliphatic heterocycles. The van der Waals surface area contributed by atoms with Gasteiger partial charge in [-0.3, -0.25) is 9.78 Å². The van der Waals surface area contributed by atoms with Crippen molar-refractivity contribution in [3.8, 4) is 17.2 Å². The SMILES string of the molecule is COc1c(NC(=O)Nc2ccc(Oc3ccncc3)c3ccccc23)cccc1Nc1nc(C(=O)N2CCCC2)cs1. The van der Waals surface area contributed by atoms with E-state index in [1.165, 1.54) is 18.4 Å². The maximum atomic E-state index is 13.2. The van der Waals surface area contributed by atoms with Gasteiger partial charge in [-0.1, -0.05) is 30.3 Å². The predicted octanol–water partition coefficient (Wildman–Crippen LogP) is 7.12. The predicted molar refractivity (Wildman–Crippen MR) is 164 cm³/mol. The van der Waals surface area contributed by atoms with Crippen LogP contribution in [-0.2, 0) is 0 Å². The first-order valence-corrected chi connectivity index (χ1v) is 14.3. The minimum atomic E-state index is -0.439. The van der Waals surface area contributed by atoms with E-state index in [0.29, 0.717) is 45.1 Å². The highest BCUT2D eigenvalue weighted by Gasteiger charge is 2.22. The van der Waals surface area contributed by atoms with Crippen molar-refractivity contribution in [1.29, 1.82) is 0 Å². The van der Waals surface area contributed by atoms with Crippen LogP contribution >= 0.6 is 11.3 Å². The van der Waals surface area contributed by atoms with Crippen molar-refractivity contribution < 1.29 is 19.1 Å². The molecule has 1 aliphatic rings. The molecule has 0 atom stereocenters. The van der Waals surface area contributed by atoms with Crippen molar-refractivity contribution in [2.75, 3.05) is 36.1 Å². The number of para-hydroxylation sites is 1. The first-order valence-electron chi connectivity index (χ1n) is 13.5. The summed E-state index contributed by atoms with van der Waals surface area (Å²) in [5.74, 6) is 1.71. The van der Waals surface area contributed by atoms with Gasteiger partial charge in [-0.25, -0.2) is 9.78 Å². The Bertz CT molecular complexity index is 1740. The lowest BCUT2D eigenvalue weighted by atomic mass is 10.1. The Hall–Kier alpha value is -5.16. The van der Waals surface area contributed by atoms with Gasteiger partial charge in [0, 0.05) is 41.6 Å². The number of aromatic nitrogens is 2. The molecule has 3 aromatic carbocycles. The van der Waals surface area contributed by atoms with Crippen molar-refractivity contribution in [2.24, 2.45) is 0 Å². The lowest BCUT2D eigenvalue weighted by Crippen LogP contribution is -2.27. The fourth-order valence-electron chi connectivity index (χ4n) is 4.86. The Labute approximate surface area is 246 Å². The second-order valence-electron chi connectivity index (χ2n) is 9.57. The monoisotopic (exact) mass is 580 g/mol. The van der Waals surface area contributed by atoms with Crippen LogP contribution in [0.4, 0.5) is 27.0 Å². The van der Waals surface area contributed by atoms with Gasteiger partial charge in [0.05, 0.1) is 24.2 Å². The smallest absolute Gasteiger partial charge is 0.323 e. The van der Waals surface area contributed by atoms with Crippen LogP contribution in [0.2, 0.25) is 0 Å². The van der Waals surface area contributed by atoms with Crippen LogP contribution in [0.15, 0.2) is 84.5 Å². The second kappa shape index (κ2) is 12.1. The quantitative estimate of drug-likeness (QED) is 0.179. The summed E-state index contributed by atoms with van der Waals surface area (Å²) in [6.45, 7) is 1.53. The van der Waals surface area contributed by atoms with E-state index in [0.717, 1.165) is 36.7 Å². The molecule has 3 N–H and O–H groups in total. The highest BCUT2D eigenvalue weighted by molar-refractivity contribution is 7.14. The minimum Gasteiger partial charge on any atom is -0.492 e. The lowest BCUT2D eigenvalue weighted by molar-refractivity contribution is 0.0788. The van der Waals surface area contributed by atoms with Gasteiger partial charge in [0.2, 0.25) is 0 Å². The molecule has 1 saturated heterocycles. The summed E-state index contributed by atoms with van der Waals surface area (Å²) >= 11 is 1.34. The van der Waals surface area contributed by atoms with Gasteiger partial charge >= 0.3 is 6.03 Å². The first kappa shape index (κ1) is 27.0. The Morgan fingerprint density at radius 2 is 1.60 bits per heavy atom. The molecular formula is C31H28N6O4S. The number of anilines is 4. The minimum absolute atomic E-state index is 0.0552. The number of amides is 3. The number of fused-ring (bicyclic) bond motifs is 1. The van der Waals surface area contributed by atoms with E-state index in [2.05, 4.69) is 25.9 Å². The molecule has 0 bridgehead atoms. The zero-order chi connectivity index (χ0) is 28.9. The van der Waals surface area contributed by atoms with E-state index in [1.807, 2.05) is 41.3 Å². The van der Waals surface area contributed by atoms with Crippen molar-refractivity contribution in [2.45, 2.75) is 12.8 Å². The third-order valence-corrected chi connectivity index (χ3v) is 7.59. The number of carbonyl (C=O) groups excluding carboxylic acids is 2. The molecule has 11 heteroatoms. The van der Waals surface area contributed by atoms with E-state index in [1.54, 1.807) is 48.1 Å². The fourth-order valence-corrected chi connectivity index (χ4v) is 5.56. The molecule has 0 aliphatic carbocycles. The van der Waals surface area contributed by atoms with Crippen LogP contribution in [0, 0.1) is 0 Å². The van der Waals surface area contributed by atoms with Crippen LogP contribution in [0.1, 0.15) is 23.3 Å². The lowest BCUT2D eigenvalue weighted by Gasteiger charge is -2.16. The molecule has 10 nitrogen and oxygen atoms in total. The number of benzene rings is 3. The third kappa shape index (κ3) is 5.81. The average molecular weight is 581 g/mol. The number of nitrogens with one attached hydrogen (secondary N) is 3. The third-order valence-electron chi connectivity index (χ3n) is 6.84. The van der Waals surface area contributed by atoms with Gasteiger partial charge in [-0.05, 0) is 49.2 Å². The molecule has 3 heterocycles. The van der Waals surface area contributed by atoms with Crippen molar-refractivity contribution >= 4 is 56.2 Å². The molecule has 3 amide bonds. The summed E-state index contributed by atoms with van der Waals surface area (Å²) in [6, 6.07) is 19.8. The van der Waals surface area contributed by atoms with Gasteiger partial charge < -0.3 is 30.3 Å². The van der Waals surface area contributed by atoms with E-state index >= 15 is 0 Å². The second-order valence-corrected chi connectivity index (χ2v) is 10.4. The van der Waals surface area contributed by atoms with Gasteiger partial charge in [-0.2, -0.15) is 0 Å². The molecule has 0 radical (unpaired) electrons. The van der Waals surface area contributed by atoms with Crippen LogP contribution in [0.5, 0.6) is 17.2 Å². The summed E-state index contributed by atoms with van der Waals surface area (Å²) < 4.78 is 11.7. The maximum Gasteiger partial charge on any atom is 0.323 e. The molecule has 2 aromatic heterocycles. The molecule has 212 valence electrons. The Morgan fingerprint density at radius 3 is 2.38 bits per heavy atom. The van der Waals surface area contributed by atoms with Crippen LogP contribution < -0.4 is 25.4 Å². The summed E-state index contributed by atoms with van der Waals surface area (Å²) in [4.78, 5) is 36.2. The standard InChI is InChI=1S/C31H28N6O4S/c1-40-28-24(9-6-10-25(28)35-31-36-26(19-42-31)29(38)37-17-4-5-18-37)34-30(39)33-23-11-12-27(22-8-3-2-7-21(22)23)41-20-13-15-32-16-14-20/h2-3,6-16,19H,4-5,17-18H2,1H3,(H,35,36)(H2,33,34,39). The summed E-state index contributed by atoms with van der Waals surface area (Å²) in [5.41, 5.74) is 2.11. The Balaban J connectivity index is 1.18. The topological polar surface area (TPSA) is 118 Å². The number of carbonyl (C=O) groups is 2. The highest BCUT2D eigenvalue weighted by Crippen LogP contribution is 2.37. The Morgan fingerprint density at radius 1 is 0.857 bits per heavy atom. The fraction of sp³-hybridized carbons (Fsp3) is 0.161. The van der Waals surface area contributed by atoms with Crippen LogP contribution in [-0.4, -0.2) is 47.0 Å². The Kier molecular flexibility index (Phi) is 7.82. The first-order chi connectivity index (χ1) is 20.6. The summed E-state index contributed by atoms with van der Waals surface area (Å²) in [5, 5.41) is 13.0. The largest absolute Gasteiger partial charge is 0.492 e. The molecule has 0 unspecified atom stereocenters. The molecule has 0 spiro atoms. The van der Waals surface area contributed by atoms with Crippen molar-refractivity contribution in [3.05, 3.63) is 90.2 Å².